The van der Waals surface area contributed by atoms with E-state index in [9.17, 15) is 5.11 Å². The molecule has 102 valence electrons. The molecule has 0 radical (unpaired) electrons. The number of aliphatic hydroxyl groups excluding tert-OH is 1. The highest BCUT2D eigenvalue weighted by atomic mass is 16.5. The van der Waals surface area contributed by atoms with E-state index in [2.05, 4.69) is 15.1 Å². The molecule has 0 amide bonds. The number of nitrogens with one attached hydrogen (secondary N) is 1. The van der Waals surface area contributed by atoms with Crippen LogP contribution in [0.15, 0.2) is 6.20 Å². The standard InChI is InChI=1S/C12H21N3O3/c1-8-9(4-13-14-8)5-15(2)10-6-18-7-11(17-3)12(10)16/h4,10-12,16H,5-7H2,1-3H3,(H,13,14)/t10-,11-,12+/m1/s1. The van der Waals surface area contributed by atoms with Crippen LogP contribution in [-0.2, 0) is 16.0 Å². The van der Waals surface area contributed by atoms with Crippen LogP contribution < -0.4 is 0 Å². The van der Waals surface area contributed by atoms with Crippen LogP contribution in [0.5, 0.6) is 0 Å². The molecule has 0 saturated carbocycles. The average molecular weight is 255 g/mol. The van der Waals surface area contributed by atoms with Crippen molar-refractivity contribution in [3.05, 3.63) is 17.5 Å². The highest BCUT2D eigenvalue weighted by molar-refractivity contribution is 5.14. The molecule has 1 aromatic heterocycles. The second kappa shape index (κ2) is 5.79. The number of ether oxygens (including phenoxy) is 2. The maximum atomic E-state index is 10.2. The summed E-state index contributed by atoms with van der Waals surface area (Å²) in [6, 6.07) is -0.0574. The van der Waals surface area contributed by atoms with E-state index >= 15 is 0 Å². The van der Waals surface area contributed by atoms with Crippen LogP contribution in [-0.4, -0.2) is 65.8 Å². The van der Waals surface area contributed by atoms with Gasteiger partial charge in [-0.3, -0.25) is 10.00 Å². The molecule has 0 unspecified atom stereocenters. The molecule has 3 atom stereocenters. The highest BCUT2D eigenvalue weighted by Crippen LogP contribution is 2.18. The fourth-order valence-corrected chi connectivity index (χ4v) is 2.27. The Labute approximate surface area is 107 Å². The van der Waals surface area contributed by atoms with Crippen molar-refractivity contribution in [1.82, 2.24) is 15.1 Å². The van der Waals surface area contributed by atoms with Gasteiger partial charge < -0.3 is 14.6 Å². The van der Waals surface area contributed by atoms with Crippen molar-refractivity contribution >= 4 is 0 Å². The second-order valence-corrected chi connectivity index (χ2v) is 4.80. The largest absolute Gasteiger partial charge is 0.389 e. The summed E-state index contributed by atoms with van der Waals surface area (Å²) in [6.07, 6.45) is 1.04. The van der Waals surface area contributed by atoms with Crippen molar-refractivity contribution in [2.45, 2.75) is 31.7 Å². The topological polar surface area (TPSA) is 70.6 Å². The molecule has 1 aliphatic heterocycles. The maximum Gasteiger partial charge on any atom is 0.108 e. The molecule has 0 bridgehead atoms. The Balaban J connectivity index is 2.00. The smallest absolute Gasteiger partial charge is 0.108 e. The first-order chi connectivity index (χ1) is 8.63. The number of likely N-dealkylation sites (N-methyl/N-ethyl adjacent to an activating group) is 1. The van der Waals surface area contributed by atoms with Gasteiger partial charge in [-0.25, -0.2) is 0 Å². The van der Waals surface area contributed by atoms with Crippen LogP contribution in [0.25, 0.3) is 0 Å². The Morgan fingerprint density at radius 1 is 1.61 bits per heavy atom. The van der Waals surface area contributed by atoms with Crippen molar-refractivity contribution < 1.29 is 14.6 Å². The third-order valence-electron chi connectivity index (χ3n) is 3.57. The van der Waals surface area contributed by atoms with Crippen LogP contribution in [0.4, 0.5) is 0 Å². The SMILES string of the molecule is CO[C@@H]1COC[C@@H](N(C)Cc2cn[nH]c2C)[C@@H]1O. The summed E-state index contributed by atoms with van der Waals surface area (Å²) in [7, 11) is 3.57. The van der Waals surface area contributed by atoms with Crippen LogP contribution in [0, 0.1) is 6.92 Å². The molecule has 1 saturated heterocycles. The van der Waals surface area contributed by atoms with Crippen LogP contribution >= 0.6 is 0 Å². The van der Waals surface area contributed by atoms with Gasteiger partial charge in [0.15, 0.2) is 0 Å². The lowest BCUT2D eigenvalue weighted by molar-refractivity contribution is -0.142. The number of hydrogen-bond acceptors (Lipinski definition) is 5. The van der Waals surface area contributed by atoms with Gasteiger partial charge in [0.2, 0.25) is 0 Å². The summed E-state index contributed by atoms with van der Waals surface area (Å²) in [4.78, 5) is 2.08. The minimum atomic E-state index is -0.527. The van der Waals surface area contributed by atoms with Crippen LogP contribution in [0.2, 0.25) is 0 Å². The number of hydrogen-bond donors (Lipinski definition) is 2. The fourth-order valence-electron chi connectivity index (χ4n) is 2.27. The number of rotatable bonds is 4. The Bertz CT molecular complexity index is 382. The lowest BCUT2D eigenvalue weighted by Crippen LogP contribution is -2.55. The lowest BCUT2D eigenvalue weighted by Gasteiger charge is -2.38. The molecule has 6 heteroatoms. The first kappa shape index (κ1) is 13.5. The van der Waals surface area contributed by atoms with Gasteiger partial charge in [0, 0.05) is 24.9 Å². The Kier molecular flexibility index (Phi) is 4.34. The van der Waals surface area contributed by atoms with E-state index < -0.39 is 6.10 Å². The van der Waals surface area contributed by atoms with Crippen molar-refractivity contribution in [3.63, 3.8) is 0 Å². The molecular weight excluding hydrogens is 234 g/mol. The fraction of sp³-hybridized carbons (Fsp3) is 0.750. The van der Waals surface area contributed by atoms with Gasteiger partial charge in [0.1, 0.15) is 12.2 Å². The van der Waals surface area contributed by atoms with E-state index in [1.165, 1.54) is 0 Å². The molecule has 2 rings (SSSR count). The molecule has 0 spiro atoms. The number of H-pyrrole nitrogens is 1. The summed E-state index contributed by atoms with van der Waals surface area (Å²) in [5, 5.41) is 17.1. The van der Waals surface area contributed by atoms with Gasteiger partial charge in [0.05, 0.1) is 25.5 Å². The van der Waals surface area contributed by atoms with Gasteiger partial charge in [-0.2, -0.15) is 5.10 Å². The molecule has 2 heterocycles. The summed E-state index contributed by atoms with van der Waals surface area (Å²) < 4.78 is 10.7. The van der Waals surface area contributed by atoms with E-state index in [0.29, 0.717) is 13.2 Å². The van der Waals surface area contributed by atoms with Gasteiger partial charge in [0.25, 0.3) is 0 Å². The summed E-state index contributed by atoms with van der Waals surface area (Å²) in [5.41, 5.74) is 2.18. The molecule has 6 nitrogen and oxygen atoms in total. The number of methoxy groups -OCH3 is 1. The van der Waals surface area contributed by atoms with Gasteiger partial charge in [-0.05, 0) is 14.0 Å². The van der Waals surface area contributed by atoms with Crippen molar-refractivity contribution in [2.75, 3.05) is 27.4 Å². The third-order valence-corrected chi connectivity index (χ3v) is 3.57. The van der Waals surface area contributed by atoms with E-state index in [0.717, 1.165) is 17.8 Å². The number of aromatic amines is 1. The molecular formula is C12H21N3O3. The normalized spacial score (nSPS) is 28.8. The predicted octanol–water partition coefficient (Wildman–Crippen LogP) is -0.0754. The zero-order chi connectivity index (χ0) is 13.1. The van der Waals surface area contributed by atoms with Gasteiger partial charge >= 0.3 is 0 Å². The number of aromatic nitrogens is 2. The van der Waals surface area contributed by atoms with E-state index in [1.807, 2.05) is 20.2 Å². The summed E-state index contributed by atoms with van der Waals surface area (Å²) >= 11 is 0. The molecule has 1 aromatic rings. The van der Waals surface area contributed by atoms with E-state index in [4.69, 9.17) is 9.47 Å². The third kappa shape index (κ3) is 2.72. The summed E-state index contributed by atoms with van der Waals surface area (Å²) in [5.74, 6) is 0. The van der Waals surface area contributed by atoms with E-state index in [-0.39, 0.29) is 12.1 Å². The maximum absolute atomic E-state index is 10.2. The van der Waals surface area contributed by atoms with Gasteiger partial charge in [-0.15, -0.1) is 0 Å². The molecule has 0 aliphatic carbocycles. The van der Waals surface area contributed by atoms with Crippen LogP contribution in [0.1, 0.15) is 11.3 Å². The zero-order valence-corrected chi connectivity index (χ0v) is 11.1. The molecule has 2 N–H and O–H groups in total. The monoisotopic (exact) mass is 255 g/mol. The summed E-state index contributed by atoms with van der Waals surface area (Å²) in [6.45, 7) is 3.69. The lowest BCUT2D eigenvalue weighted by atomic mass is 10.0. The highest BCUT2D eigenvalue weighted by Gasteiger charge is 2.35. The average Bonchev–Trinajstić information content (AvgIpc) is 2.75. The predicted molar refractivity (Wildman–Crippen MR) is 66.2 cm³/mol. The minimum absolute atomic E-state index is 0.0574. The molecule has 1 fully saturated rings. The first-order valence-corrected chi connectivity index (χ1v) is 6.11. The Morgan fingerprint density at radius 2 is 2.39 bits per heavy atom. The van der Waals surface area contributed by atoms with E-state index in [1.54, 1.807) is 7.11 Å². The minimum Gasteiger partial charge on any atom is -0.389 e. The number of nitrogens with zero attached hydrogens (tertiary/aromatic N) is 2. The quantitative estimate of drug-likeness (QED) is 0.788. The molecule has 1 aliphatic rings. The zero-order valence-electron chi connectivity index (χ0n) is 11.1. The van der Waals surface area contributed by atoms with Crippen molar-refractivity contribution in [1.29, 1.82) is 0 Å². The molecule has 0 aromatic carbocycles. The Hall–Kier alpha value is -0.950. The van der Waals surface area contributed by atoms with Crippen molar-refractivity contribution in [2.24, 2.45) is 0 Å². The Morgan fingerprint density at radius 3 is 3.00 bits per heavy atom. The number of aliphatic hydroxyl groups is 1. The first-order valence-electron chi connectivity index (χ1n) is 6.11. The van der Waals surface area contributed by atoms with Crippen LogP contribution in [0.3, 0.4) is 0 Å². The van der Waals surface area contributed by atoms with Gasteiger partial charge in [-0.1, -0.05) is 0 Å². The molecule has 18 heavy (non-hydrogen) atoms. The number of aryl methyl sites for hydroxylation is 1. The second-order valence-electron chi connectivity index (χ2n) is 4.80. The van der Waals surface area contributed by atoms with Crippen molar-refractivity contribution in [3.8, 4) is 0 Å².